The van der Waals surface area contributed by atoms with Gasteiger partial charge in [0.15, 0.2) is 0 Å². The smallest absolute Gasteiger partial charge is 0.307 e. The zero-order chi connectivity index (χ0) is 13.2. The van der Waals surface area contributed by atoms with Gasteiger partial charge in [-0.1, -0.05) is 42.5 Å². The maximum Gasteiger partial charge on any atom is 0.326 e. The van der Waals surface area contributed by atoms with Gasteiger partial charge in [0.25, 0.3) is 5.56 Å². The summed E-state index contributed by atoms with van der Waals surface area (Å²) in [5.41, 5.74) is 1.86. The summed E-state index contributed by atoms with van der Waals surface area (Å²) in [6, 6.07) is 15.4. The molecule has 0 fully saturated rings. The fourth-order valence-electron chi connectivity index (χ4n) is 2.22. The molecule has 0 bridgehead atoms. The van der Waals surface area contributed by atoms with Gasteiger partial charge in [-0.05, 0) is 23.6 Å². The first kappa shape index (κ1) is 11.5. The Balaban J connectivity index is 2.19. The molecule has 0 aliphatic carbocycles. The number of aromatic amines is 2. The van der Waals surface area contributed by atoms with Crippen molar-refractivity contribution in [2.24, 2.45) is 0 Å². The van der Waals surface area contributed by atoms with Crippen LogP contribution in [0.3, 0.4) is 0 Å². The molecule has 0 radical (unpaired) electrons. The van der Waals surface area contributed by atoms with Crippen molar-refractivity contribution in [3.8, 4) is 0 Å². The summed E-state index contributed by atoms with van der Waals surface area (Å²) in [5.74, 6) is 0. The third-order valence-corrected chi connectivity index (χ3v) is 3.10. The normalized spacial score (nSPS) is 10.7. The monoisotopic (exact) mass is 252 g/mol. The predicted octanol–water partition coefficient (Wildman–Crippen LogP) is 1.81. The van der Waals surface area contributed by atoms with Crippen LogP contribution in [-0.2, 0) is 6.42 Å². The van der Waals surface area contributed by atoms with Gasteiger partial charge in [-0.3, -0.25) is 9.78 Å². The highest BCUT2D eigenvalue weighted by Crippen LogP contribution is 2.16. The summed E-state index contributed by atoms with van der Waals surface area (Å²) >= 11 is 0. The number of H-pyrrole nitrogens is 2. The Morgan fingerprint density at radius 1 is 0.842 bits per heavy atom. The van der Waals surface area contributed by atoms with Crippen LogP contribution >= 0.6 is 0 Å². The van der Waals surface area contributed by atoms with Gasteiger partial charge in [-0.2, -0.15) is 0 Å². The lowest BCUT2D eigenvalue weighted by molar-refractivity contribution is 1.07. The van der Waals surface area contributed by atoms with Crippen LogP contribution in [0.2, 0.25) is 0 Å². The number of para-hydroxylation sites is 1. The average molecular weight is 252 g/mol. The van der Waals surface area contributed by atoms with Gasteiger partial charge in [0, 0.05) is 0 Å². The second-order valence-corrected chi connectivity index (χ2v) is 4.41. The summed E-state index contributed by atoms with van der Waals surface area (Å²) in [6.45, 7) is 0. The topological polar surface area (TPSA) is 65.7 Å². The molecule has 0 unspecified atom stereocenters. The Labute approximate surface area is 108 Å². The number of benzene rings is 2. The lowest BCUT2D eigenvalue weighted by atomic mass is 10.0. The first-order valence-corrected chi connectivity index (χ1v) is 6.02. The summed E-state index contributed by atoms with van der Waals surface area (Å²) in [7, 11) is 0. The van der Waals surface area contributed by atoms with Crippen molar-refractivity contribution in [3.63, 3.8) is 0 Å². The summed E-state index contributed by atoms with van der Waals surface area (Å²) < 4.78 is 0. The molecule has 0 saturated heterocycles. The Hall–Kier alpha value is -2.62. The Morgan fingerprint density at radius 3 is 2.42 bits per heavy atom. The van der Waals surface area contributed by atoms with E-state index in [1.807, 2.05) is 42.5 Å². The molecule has 0 saturated carbocycles. The minimum Gasteiger partial charge on any atom is -0.307 e. The average Bonchev–Trinajstić information content (AvgIpc) is 2.41. The van der Waals surface area contributed by atoms with Crippen molar-refractivity contribution < 1.29 is 0 Å². The van der Waals surface area contributed by atoms with E-state index >= 15 is 0 Å². The van der Waals surface area contributed by atoms with Crippen molar-refractivity contribution in [1.82, 2.24) is 9.97 Å². The molecule has 0 spiro atoms. The van der Waals surface area contributed by atoms with Crippen LogP contribution in [0.1, 0.15) is 11.1 Å². The third kappa shape index (κ3) is 2.20. The van der Waals surface area contributed by atoms with Gasteiger partial charge in [0.2, 0.25) is 0 Å². The molecule has 1 heterocycles. The molecule has 3 aromatic rings. The van der Waals surface area contributed by atoms with Crippen LogP contribution in [0, 0.1) is 0 Å². The highest BCUT2D eigenvalue weighted by atomic mass is 16.2. The zero-order valence-electron chi connectivity index (χ0n) is 10.1. The van der Waals surface area contributed by atoms with Crippen LogP contribution in [0.5, 0.6) is 0 Å². The van der Waals surface area contributed by atoms with Crippen molar-refractivity contribution in [2.45, 2.75) is 6.42 Å². The molecule has 3 rings (SSSR count). The Bertz CT molecular complexity index is 832. The van der Waals surface area contributed by atoms with Gasteiger partial charge < -0.3 is 4.98 Å². The summed E-state index contributed by atoms with van der Waals surface area (Å²) in [6.07, 6.45) is 0.678. The molecule has 2 N–H and O–H groups in total. The molecule has 19 heavy (non-hydrogen) atoms. The van der Waals surface area contributed by atoms with Crippen LogP contribution in [0.15, 0.2) is 58.1 Å². The van der Waals surface area contributed by atoms with Crippen molar-refractivity contribution in [2.75, 3.05) is 0 Å². The van der Waals surface area contributed by atoms with Gasteiger partial charge in [-0.15, -0.1) is 0 Å². The quantitative estimate of drug-likeness (QED) is 0.730. The molecule has 4 nitrogen and oxygen atoms in total. The van der Waals surface area contributed by atoms with Crippen molar-refractivity contribution >= 4 is 10.9 Å². The molecule has 0 aliphatic rings. The van der Waals surface area contributed by atoms with E-state index in [1.165, 1.54) is 0 Å². The van der Waals surface area contributed by atoms with E-state index in [9.17, 15) is 9.59 Å². The van der Waals surface area contributed by atoms with E-state index in [0.717, 1.165) is 11.1 Å². The molecular weight excluding hydrogens is 240 g/mol. The van der Waals surface area contributed by atoms with E-state index in [4.69, 9.17) is 0 Å². The van der Waals surface area contributed by atoms with Crippen LogP contribution in [-0.4, -0.2) is 9.97 Å². The maximum atomic E-state index is 11.7. The maximum absolute atomic E-state index is 11.7. The fraction of sp³-hybridized carbons (Fsp3) is 0.0667. The first-order valence-electron chi connectivity index (χ1n) is 6.02. The molecular formula is C15H12N2O2. The highest BCUT2D eigenvalue weighted by Gasteiger charge is 2.06. The Kier molecular flexibility index (Phi) is 2.76. The second-order valence-electron chi connectivity index (χ2n) is 4.41. The molecule has 0 amide bonds. The molecule has 2 aromatic carbocycles. The standard InChI is InChI=1S/C15H12N2O2/c18-14-12-8-4-7-11(13(12)16-15(19)17-14)9-10-5-2-1-3-6-10/h1-8H,9H2,(H2,16,17,18,19). The highest BCUT2D eigenvalue weighted by molar-refractivity contribution is 5.80. The van der Waals surface area contributed by atoms with Crippen LogP contribution in [0.4, 0.5) is 0 Å². The molecule has 94 valence electrons. The van der Waals surface area contributed by atoms with Gasteiger partial charge in [0.1, 0.15) is 0 Å². The van der Waals surface area contributed by atoms with E-state index in [2.05, 4.69) is 9.97 Å². The molecule has 4 heteroatoms. The van der Waals surface area contributed by atoms with Crippen LogP contribution in [0.25, 0.3) is 10.9 Å². The van der Waals surface area contributed by atoms with E-state index in [1.54, 1.807) is 6.07 Å². The van der Waals surface area contributed by atoms with Crippen molar-refractivity contribution in [3.05, 3.63) is 80.5 Å². The summed E-state index contributed by atoms with van der Waals surface area (Å²) in [4.78, 5) is 28.1. The number of nitrogens with one attached hydrogen (secondary N) is 2. The van der Waals surface area contributed by atoms with Gasteiger partial charge in [-0.25, -0.2) is 4.79 Å². The summed E-state index contributed by atoms with van der Waals surface area (Å²) in [5, 5.41) is 0.507. The number of fused-ring (bicyclic) bond motifs is 1. The van der Waals surface area contributed by atoms with E-state index < -0.39 is 5.69 Å². The third-order valence-electron chi connectivity index (χ3n) is 3.10. The molecule has 0 aliphatic heterocycles. The number of aromatic nitrogens is 2. The van der Waals surface area contributed by atoms with Gasteiger partial charge in [0.05, 0.1) is 10.9 Å². The van der Waals surface area contributed by atoms with E-state index in [0.29, 0.717) is 17.3 Å². The van der Waals surface area contributed by atoms with E-state index in [-0.39, 0.29) is 5.56 Å². The lowest BCUT2D eigenvalue weighted by Gasteiger charge is -2.05. The van der Waals surface area contributed by atoms with Crippen LogP contribution < -0.4 is 11.2 Å². The number of hydrogen-bond acceptors (Lipinski definition) is 2. The Morgan fingerprint density at radius 2 is 1.63 bits per heavy atom. The van der Waals surface area contributed by atoms with Crippen molar-refractivity contribution in [1.29, 1.82) is 0 Å². The predicted molar refractivity (Wildman–Crippen MR) is 74.4 cm³/mol. The zero-order valence-corrected chi connectivity index (χ0v) is 10.1. The fourth-order valence-corrected chi connectivity index (χ4v) is 2.22. The number of hydrogen-bond donors (Lipinski definition) is 2. The minimum atomic E-state index is -0.474. The van der Waals surface area contributed by atoms with Gasteiger partial charge >= 0.3 is 5.69 Å². The number of rotatable bonds is 2. The minimum absolute atomic E-state index is 0.353. The first-order chi connectivity index (χ1) is 9.24. The second kappa shape index (κ2) is 4.57. The SMILES string of the molecule is O=c1[nH]c(=O)c2cccc(Cc3ccccc3)c2[nH]1. The molecule has 0 atom stereocenters. The lowest BCUT2D eigenvalue weighted by Crippen LogP contribution is -2.22. The molecule has 1 aromatic heterocycles. The largest absolute Gasteiger partial charge is 0.326 e.